The van der Waals surface area contributed by atoms with Crippen molar-refractivity contribution in [1.82, 2.24) is 4.90 Å². The Kier molecular flexibility index (Phi) is 7.30. The van der Waals surface area contributed by atoms with E-state index < -0.39 is 0 Å². The lowest BCUT2D eigenvalue weighted by Crippen LogP contribution is -2.10. The second-order valence-electron chi connectivity index (χ2n) is 2.97. The zero-order valence-corrected chi connectivity index (χ0v) is 8.58. The van der Waals surface area contributed by atoms with Gasteiger partial charge in [-0.15, -0.1) is 0 Å². The summed E-state index contributed by atoms with van der Waals surface area (Å²) in [7, 11) is 2.17. The maximum atomic E-state index is 10.1. The monoisotopic (exact) mass is 185 g/mol. The minimum Gasteiger partial charge on any atom is -0.463 e. The summed E-state index contributed by atoms with van der Waals surface area (Å²) in [6.45, 7) is 8.02. The van der Waals surface area contributed by atoms with E-state index in [1.54, 1.807) is 6.92 Å². The highest BCUT2D eigenvalue weighted by Gasteiger charge is 2.03. The molecule has 0 saturated carbocycles. The van der Waals surface area contributed by atoms with E-state index in [-0.39, 0.29) is 5.97 Å². The summed E-state index contributed by atoms with van der Waals surface area (Å²) in [6, 6.07) is 0. The molecule has 76 valence electrons. The largest absolute Gasteiger partial charge is 0.463 e. The summed E-state index contributed by atoms with van der Waals surface area (Å²) in [4.78, 5) is 12.4. The summed E-state index contributed by atoms with van der Waals surface area (Å²) >= 11 is 0. The fraction of sp³-hybridized carbons (Fsp3) is 0.700. The number of carbonyl (C=O) groups is 1. The number of likely N-dealkylation sites (tertiary alicyclic amines) is 1. The first kappa shape index (κ1) is 12.2. The van der Waals surface area contributed by atoms with Gasteiger partial charge in [0.2, 0.25) is 0 Å². The lowest BCUT2D eigenvalue weighted by Gasteiger charge is -2.01. The van der Waals surface area contributed by atoms with Crippen LogP contribution in [0.1, 0.15) is 19.8 Å². The van der Waals surface area contributed by atoms with E-state index in [0.717, 1.165) is 6.08 Å². The molecule has 1 heterocycles. The molecule has 0 N–H and O–H groups in total. The van der Waals surface area contributed by atoms with E-state index in [1.165, 1.54) is 25.9 Å². The van der Waals surface area contributed by atoms with Crippen LogP contribution in [0.25, 0.3) is 0 Å². The third-order valence-electron chi connectivity index (χ3n) is 1.78. The third kappa shape index (κ3) is 7.53. The Labute approximate surface area is 80.4 Å². The molecule has 3 heteroatoms. The molecule has 1 fully saturated rings. The summed E-state index contributed by atoms with van der Waals surface area (Å²) in [6.07, 6.45) is 3.97. The molecule has 0 aromatic heterocycles. The average molecular weight is 185 g/mol. The molecular weight excluding hydrogens is 166 g/mol. The number of hydrogen-bond donors (Lipinski definition) is 0. The van der Waals surface area contributed by atoms with Gasteiger partial charge in [0.1, 0.15) is 0 Å². The Hall–Kier alpha value is -0.830. The summed E-state index contributed by atoms with van der Waals surface area (Å²) < 4.78 is 4.43. The molecule has 0 aliphatic carbocycles. The van der Waals surface area contributed by atoms with E-state index in [4.69, 9.17) is 0 Å². The fourth-order valence-corrected chi connectivity index (χ4v) is 1.08. The van der Waals surface area contributed by atoms with E-state index in [9.17, 15) is 4.79 Å². The predicted octanol–water partition coefficient (Wildman–Crippen LogP) is 1.45. The van der Waals surface area contributed by atoms with Crippen molar-refractivity contribution >= 4 is 5.97 Å². The zero-order valence-electron chi connectivity index (χ0n) is 8.58. The van der Waals surface area contributed by atoms with E-state index in [0.29, 0.717) is 6.61 Å². The van der Waals surface area contributed by atoms with Gasteiger partial charge in [0.15, 0.2) is 0 Å². The highest BCUT2D eigenvalue weighted by atomic mass is 16.5. The second-order valence-corrected chi connectivity index (χ2v) is 2.97. The molecule has 0 bridgehead atoms. The molecule has 0 spiro atoms. The average Bonchev–Trinajstić information content (AvgIpc) is 2.57. The summed E-state index contributed by atoms with van der Waals surface area (Å²) in [5, 5.41) is 0. The first-order chi connectivity index (χ1) is 6.20. The van der Waals surface area contributed by atoms with Crippen LogP contribution in [0.2, 0.25) is 0 Å². The van der Waals surface area contributed by atoms with Gasteiger partial charge in [0.05, 0.1) is 6.61 Å². The molecule has 3 nitrogen and oxygen atoms in total. The molecule has 13 heavy (non-hydrogen) atoms. The molecule has 1 aliphatic rings. The minimum absolute atomic E-state index is 0.359. The number of ether oxygens (including phenoxy) is 1. The second kappa shape index (κ2) is 7.80. The van der Waals surface area contributed by atoms with Crippen LogP contribution in [0.4, 0.5) is 0 Å². The van der Waals surface area contributed by atoms with E-state index in [2.05, 4.69) is 23.3 Å². The van der Waals surface area contributed by atoms with Crippen LogP contribution in [-0.4, -0.2) is 37.6 Å². The van der Waals surface area contributed by atoms with Gasteiger partial charge in [-0.3, -0.25) is 0 Å². The number of nitrogens with zero attached hydrogens (tertiary/aromatic N) is 1. The first-order valence-electron chi connectivity index (χ1n) is 4.68. The highest BCUT2D eigenvalue weighted by Crippen LogP contribution is 2.02. The van der Waals surface area contributed by atoms with Crippen LogP contribution in [0.3, 0.4) is 0 Å². The molecule has 0 amide bonds. The normalized spacial score (nSPS) is 15.8. The van der Waals surface area contributed by atoms with Gasteiger partial charge in [-0.2, -0.15) is 0 Å². The molecular formula is C10H19NO2. The minimum atomic E-state index is -0.359. The van der Waals surface area contributed by atoms with Gasteiger partial charge in [-0.25, -0.2) is 4.79 Å². The van der Waals surface area contributed by atoms with E-state index >= 15 is 0 Å². The van der Waals surface area contributed by atoms with Gasteiger partial charge in [-0.1, -0.05) is 6.58 Å². The van der Waals surface area contributed by atoms with Crippen molar-refractivity contribution in [2.24, 2.45) is 0 Å². The SMILES string of the molecule is C=CC(=O)OCC.CN1CCCC1. The standard InChI is InChI=1S/C5H11N.C5H8O2/c1-6-4-2-3-5-6;1-3-5(6)7-4-2/h2-5H2,1H3;3H,1,4H2,2H3. The number of carbonyl (C=O) groups excluding carboxylic acids is 1. The quantitative estimate of drug-likeness (QED) is 0.481. The van der Waals surface area contributed by atoms with Gasteiger partial charge in [0.25, 0.3) is 0 Å². The molecule has 0 atom stereocenters. The molecule has 0 aromatic rings. The zero-order chi connectivity index (χ0) is 10.1. The van der Waals surface area contributed by atoms with E-state index in [1.807, 2.05) is 0 Å². The van der Waals surface area contributed by atoms with Gasteiger partial charge in [-0.05, 0) is 39.9 Å². The lowest BCUT2D eigenvalue weighted by atomic mass is 10.4. The third-order valence-corrected chi connectivity index (χ3v) is 1.78. The van der Waals surface area contributed by atoms with Crippen LogP contribution in [0.5, 0.6) is 0 Å². The molecule has 1 aliphatic heterocycles. The van der Waals surface area contributed by atoms with Crippen molar-refractivity contribution in [3.63, 3.8) is 0 Å². The molecule has 0 radical (unpaired) electrons. The van der Waals surface area contributed by atoms with Crippen molar-refractivity contribution in [2.75, 3.05) is 26.7 Å². The smallest absolute Gasteiger partial charge is 0.330 e. The highest BCUT2D eigenvalue weighted by molar-refractivity contribution is 5.81. The Morgan fingerprint density at radius 3 is 2.23 bits per heavy atom. The van der Waals surface area contributed by atoms with Crippen LogP contribution in [0.15, 0.2) is 12.7 Å². The van der Waals surface area contributed by atoms with Crippen LogP contribution in [-0.2, 0) is 9.53 Å². The van der Waals surface area contributed by atoms with Gasteiger partial charge in [0, 0.05) is 6.08 Å². The Morgan fingerprint density at radius 1 is 1.54 bits per heavy atom. The first-order valence-corrected chi connectivity index (χ1v) is 4.68. The van der Waals surface area contributed by atoms with Gasteiger partial charge >= 0.3 is 5.97 Å². The van der Waals surface area contributed by atoms with Crippen molar-refractivity contribution in [1.29, 1.82) is 0 Å². The number of rotatable bonds is 2. The van der Waals surface area contributed by atoms with Crippen LogP contribution in [0, 0.1) is 0 Å². The summed E-state index contributed by atoms with van der Waals surface area (Å²) in [5.41, 5.74) is 0. The lowest BCUT2D eigenvalue weighted by molar-refractivity contribution is -0.137. The van der Waals surface area contributed by atoms with Gasteiger partial charge < -0.3 is 9.64 Å². The predicted molar refractivity (Wildman–Crippen MR) is 53.6 cm³/mol. The van der Waals surface area contributed by atoms with Crippen LogP contribution >= 0.6 is 0 Å². The van der Waals surface area contributed by atoms with Crippen LogP contribution < -0.4 is 0 Å². The van der Waals surface area contributed by atoms with Crippen molar-refractivity contribution in [3.05, 3.63) is 12.7 Å². The Morgan fingerprint density at radius 2 is 2.08 bits per heavy atom. The van der Waals surface area contributed by atoms with Crippen molar-refractivity contribution in [2.45, 2.75) is 19.8 Å². The summed E-state index contributed by atoms with van der Waals surface area (Å²) in [5.74, 6) is -0.359. The molecule has 0 aromatic carbocycles. The Balaban J connectivity index is 0.000000223. The fourth-order valence-electron chi connectivity index (χ4n) is 1.08. The molecule has 0 unspecified atom stereocenters. The Bertz CT molecular complexity index is 151. The van der Waals surface area contributed by atoms with Crippen molar-refractivity contribution < 1.29 is 9.53 Å². The maximum absolute atomic E-state index is 10.1. The number of hydrogen-bond acceptors (Lipinski definition) is 3. The molecule has 1 saturated heterocycles. The molecule has 1 rings (SSSR count). The van der Waals surface area contributed by atoms with Crippen molar-refractivity contribution in [3.8, 4) is 0 Å². The number of esters is 1. The maximum Gasteiger partial charge on any atom is 0.330 e. The topological polar surface area (TPSA) is 29.5 Å².